The minimum Gasteiger partial charge on any atom is -0.393 e. The number of rotatable bonds is 4. The zero-order valence-corrected chi connectivity index (χ0v) is 9.54. The van der Waals surface area contributed by atoms with Crippen LogP contribution in [0.15, 0.2) is 11.4 Å². The summed E-state index contributed by atoms with van der Waals surface area (Å²) in [6, 6.07) is 1.91. The maximum atomic E-state index is 10.5. The summed E-state index contributed by atoms with van der Waals surface area (Å²) in [7, 11) is 2.03. The zero-order chi connectivity index (χ0) is 10.8. The van der Waals surface area contributed by atoms with E-state index in [0.717, 1.165) is 36.2 Å². The monoisotopic (exact) mass is 225 g/mol. The average molecular weight is 225 g/mol. The van der Waals surface area contributed by atoms with Crippen LogP contribution in [0.4, 0.5) is 5.69 Å². The van der Waals surface area contributed by atoms with E-state index in [9.17, 15) is 9.90 Å². The molecule has 0 unspecified atom stereocenters. The number of carbonyl (C=O) groups is 1. The highest BCUT2D eigenvalue weighted by molar-refractivity contribution is 7.12. The fraction of sp³-hybridized carbons (Fsp3) is 0.545. The Labute approximate surface area is 93.3 Å². The molecule has 1 heterocycles. The summed E-state index contributed by atoms with van der Waals surface area (Å²) in [6.07, 6.45) is 2.62. The molecular weight excluding hydrogens is 210 g/mol. The van der Waals surface area contributed by atoms with Crippen molar-refractivity contribution in [3.05, 3.63) is 16.3 Å². The van der Waals surface area contributed by atoms with Crippen LogP contribution in [0.1, 0.15) is 22.5 Å². The van der Waals surface area contributed by atoms with Crippen molar-refractivity contribution in [1.82, 2.24) is 0 Å². The molecule has 0 radical (unpaired) electrons. The standard InChI is InChI=1S/C11H15NO2S/c1-12(5-8-2-10(14)3-8)9-4-11(6-13)15-7-9/h4,6-8,10,14H,2-3,5H2,1H3. The summed E-state index contributed by atoms with van der Waals surface area (Å²) in [5.74, 6) is 0.601. The maximum Gasteiger partial charge on any atom is 0.160 e. The number of hydrogen-bond acceptors (Lipinski definition) is 4. The summed E-state index contributed by atoms with van der Waals surface area (Å²) in [5.41, 5.74) is 1.10. The Morgan fingerprint density at radius 1 is 1.67 bits per heavy atom. The first-order chi connectivity index (χ1) is 7.19. The van der Waals surface area contributed by atoms with Gasteiger partial charge in [0.15, 0.2) is 6.29 Å². The van der Waals surface area contributed by atoms with Crippen LogP contribution in [0.3, 0.4) is 0 Å². The number of carbonyl (C=O) groups excluding carboxylic acids is 1. The minimum absolute atomic E-state index is 0.0867. The Bertz CT molecular complexity index is 344. The third-order valence-electron chi connectivity index (χ3n) is 2.91. The Morgan fingerprint density at radius 2 is 2.40 bits per heavy atom. The van der Waals surface area contributed by atoms with Gasteiger partial charge in [0.05, 0.1) is 11.0 Å². The lowest BCUT2D eigenvalue weighted by Crippen LogP contribution is -2.36. The molecule has 1 aromatic heterocycles. The van der Waals surface area contributed by atoms with Crippen LogP contribution in [0, 0.1) is 5.92 Å². The van der Waals surface area contributed by atoms with Gasteiger partial charge in [-0.2, -0.15) is 0 Å². The van der Waals surface area contributed by atoms with Crippen LogP contribution in [-0.4, -0.2) is 31.1 Å². The Kier molecular flexibility index (Phi) is 3.07. The lowest BCUT2D eigenvalue weighted by molar-refractivity contribution is 0.0465. The molecule has 15 heavy (non-hydrogen) atoms. The molecule has 1 aliphatic rings. The number of aldehydes is 1. The molecule has 1 N–H and O–H groups in total. The largest absolute Gasteiger partial charge is 0.393 e. The molecule has 4 heteroatoms. The quantitative estimate of drug-likeness (QED) is 0.794. The maximum absolute atomic E-state index is 10.5. The second-order valence-electron chi connectivity index (χ2n) is 4.20. The number of aliphatic hydroxyl groups is 1. The molecule has 0 atom stereocenters. The Morgan fingerprint density at radius 3 is 2.93 bits per heavy atom. The smallest absolute Gasteiger partial charge is 0.160 e. The van der Waals surface area contributed by atoms with E-state index in [2.05, 4.69) is 4.90 Å². The second-order valence-corrected chi connectivity index (χ2v) is 5.14. The lowest BCUT2D eigenvalue weighted by Gasteiger charge is -2.34. The molecule has 2 rings (SSSR count). The minimum atomic E-state index is -0.0867. The van der Waals surface area contributed by atoms with E-state index < -0.39 is 0 Å². The van der Waals surface area contributed by atoms with Gasteiger partial charge in [-0.15, -0.1) is 11.3 Å². The molecule has 1 saturated carbocycles. The van der Waals surface area contributed by atoms with Crippen molar-refractivity contribution in [2.24, 2.45) is 5.92 Å². The van der Waals surface area contributed by atoms with Crippen LogP contribution < -0.4 is 4.90 Å². The third kappa shape index (κ3) is 2.38. The zero-order valence-electron chi connectivity index (χ0n) is 8.72. The fourth-order valence-corrected chi connectivity index (χ4v) is 2.70. The van der Waals surface area contributed by atoms with Crippen LogP contribution in [0.25, 0.3) is 0 Å². The fourth-order valence-electron chi connectivity index (χ4n) is 1.95. The average Bonchev–Trinajstić information content (AvgIpc) is 2.63. The molecular formula is C11H15NO2S. The lowest BCUT2D eigenvalue weighted by atomic mass is 9.82. The highest BCUT2D eigenvalue weighted by Gasteiger charge is 2.28. The summed E-state index contributed by atoms with van der Waals surface area (Å²) < 4.78 is 0. The van der Waals surface area contributed by atoms with Crippen molar-refractivity contribution in [3.8, 4) is 0 Å². The number of anilines is 1. The molecule has 0 saturated heterocycles. The van der Waals surface area contributed by atoms with Gasteiger partial charge in [-0.1, -0.05) is 0 Å². The highest BCUT2D eigenvalue weighted by atomic mass is 32.1. The van der Waals surface area contributed by atoms with Crippen LogP contribution in [0.2, 0.25) is 0 Å². The van der Waals surface area contributed by atoms with Crippen molar-refractivity contribution in [2.75, 3.05) is 18.5 Å². The molecule has 1 aromatic rings. The van der Waals surface area contributed by atoms with E-state index in [4.69, 9.17) is 0 Å². The molecule has 0 amide bonds. The van der Waals surface area contributed by atoms with E-state index in [1.807, 2.05) is 18.5 Å². The second kappa shape index (κ2) is 4.33. The first-order valence-electron chi connectivity index (χ1n) is 5.12. The molecule has 1 fully saturated rings. The van der Waals surface area contributed by atoms with Gasteiger partial charge in [-0.3, -0.25) is 4.79 Å². The topological polar surface area (TPSA) is 40.5 Å². The normalized spacial score (nSPS) is 24.7. The first-order valence-corrected chi connectivity index (χ1v) is 6.00. The van der Waals surface area contributed by atoms with Gasteiger partial charge in [0.1, 0.15) is 0 Å². The summed E-state index contributed by atoms with van der Waals surface area (Å²) in [6.45, 7) is 0.964. The SMILES string of the molecule is CN(CC1CC(O)C1)c1csc(C=O)c1. The van der Waals surface area contributed by atoms with Gasteiger partial charge in [0.25, 0.3) is 0 Å². The van der Waals surface area contributed by atoms with Crippen molar-refractivity contribution in [1.29, 1.82) is 0 Å². The van der Waals surface area contributed by atoms with Crippen LogP contribution in [-0.2, 0) is 0 Å². The molecule has 82 valence electrons. The predicted molar refractivity (Wildman–Crippen MR) is 61.7 cm³/mol. The van der Waals surface area contributed by atoms with Gasteiger partial charge >= 0.3 is 0 Å². The summed E-state index contributed by atoms with van der Waals surface area (Å²) in [5, 5.41) is 11.2. The Hall–Kier alpha value is -0.870. The van der Waals surface area contributed by atoms with Crippen LogP contribution in [0.5, 0.6) is 0 Å². The molecule has 1 aliphatic carbocycles. The predicted octanol–water partition coefficient (Wildman–Crippen LogP) is 1.77. The van der Waals surface area contributed by atoms with Gasteiger partial charge in [-0.25, -0.2) is 0 Å². The van der Waals surface area contributed by atoms with E-state index in [0.29, 0.717) is 5.92 Å². The van der Waals surface area contributed by atoms with Crippen molar-refractivity contribution in [3.63, 3.8) is 0 Å². The summed E-state index contributed by atoms with van der Waals surface area (Å²) in [4.78, 5) is 13.5. The number of thiophene rings is 1. The van der Waals surface area contributed by atoms with Crippen molar-refractivity contribution >= 4 is 23.3 Å². The van der Waals surface area contributed by atoms with E-state index in [1.165, 1.54) is 11.3 Å². The van der Waals surface area contributed by atoms with E-state index in [-0.39, 0.29) is 6.10 Å². The van der Waals surface area contributed by atoms with Gasteiger partial charge in [-0.05, 0) is 24.8 Å². The molecule has 0 spiro atoms. The third-order valence-corrected chi connectivity index (χ3v) is 3.75. The first kappa shape index (κ1) is 10.6. The van der Waals surface area contributed by atoms with E-state index in [1.54, 1.807) is 0 Å². The van der Waals surface area contributed by atoms with Crippen LogP contribution >= 0.6 is 11.3 Å². The van der Waals surface area contributed by atoms with E-state index >= 15 is 0 Å². The van der Waals surface area contributed by atoms with Crippen molar-refractivity contribution in [2.45, 2.75) is 18.9 Å². The molecule has 0 aliphatic heterocycles. The highest BCUT2D eigenvalue weighted by Crippen LogP contribution is 2.30. The molecule has 0 aromatic carbocycles. The summed E-state index contributed by atoms with van der Waals surface area (Å²) >= 11 is 1.47. The van der Waals surface area contributed by atoms with Crippen molar-refractivity contribution < 1.29 is 9.90 Å². The van der Waals surface area contributed by atoms with Gasteiger partial charge in [0, 0.05) is 24.7 Å². The number of hydrogen-bond donors (Lipinski definition) is 1. The van der Waals surface area contributed by atoms with Gasteiger partial charge < -0.3 is 10.0 Å². The number of aliphatic hydroxyl groups excluding tert-OH is 1. The molecule has 3 nitrogen and oxygen atoms in total. The Balaban J connectivity index is 1.89. The molecule has 0 bridgehead atoms. The number of nitrogens with zero attached hydrogens (tertiary/aromatic N) is 1. The van der Waals surface area contributed by atoms with Gasteiger partial charge in [0.2, 0.25) is 0 Å².